The Kier molecular flexibility index (Phi) is 3.06. The van der Waals surface area contributed by atoms with Gasteiger partial charge in [-0.25, -0.2) is 0 Å². The molecule has 1 aromatic carbocycles. The monoisotopic (exact) mass is 230 g/mol. The van der Waals surface area contributed by atoms with Gasteiger partial charge in [0.25, 0.3) is 0 Å². The molecule has 1 aliphatic heterocycles. The van der Waals surface area contributed by atoms with Crippen molar-refractivity contribution in [3.8, 4) is 0 Å². The third-order valence-corrected chi connectivity index (χ3v) is 4.34. The first kappa shape index (κ1) is 11.1. The van der Waals surface area contributed by atoms with Crippen LogP contribution in [0.1, 0.15) is 30.4 Å². The zero-order valence-electron chi connectivity index (χ0n) is 10.5. The van der Waals surface area contributed by atoms with Gasteiger partial charge in [-0.3, -0.25) is 0 Å². The van der Waals surface area contributed by atoms with Crippen LogP contribution in [0.2, 0.25) is 0 Å². The third-order valence-electron chi connectivity index (χ3n) is 4.34. The molecule has 0 saturated carbocycles. The molecule has 0 spiro atoms. The highest BCUT2D eigenvalue weighted by molar-refractivity contribution is 5.52. The smallest absolute Gasteiger partial charge is 0.0349 e. The summed E-state index contributed by atoms with van der Waals surface area (Å²) < 4.78 is 0. The Morgan fingerprint density at radius 2 is 2.06 bits per heavy atom. The molecular weight excluding hydrogens is 208 g/mol. The van der Waals surface area contributed by atoms with Crippen molar-refractivity contribution in [3.05, 3.63) is 29.3 Å². The van der Waals surface area contributed by atoms with Crippen LogP contribution in [0.5, 0.6) is 0 Å². The van der Waals surface area contributed by atoms with Crippen molar-refractivity contribution >= 4 is 5.69 Å². The number of likely N-dealkylation sites (tertiary alicyclic amines) is 1. The molecule has 2 heteroatoms. The molecule has 3 rings (SSSR count). The van der Waals surface area contributed by atoms with Crippen molar-refractivity contribution in [2.24, 2.45) is 5.92 Å². The number of hydrogen-bond donors (Lipinski definition) is 1. The van der Waals surface area contributed by atoms with Gasteiger partial charge in [-0.2, -0.15) is 0 Å². The second-order valence-corrected chi connectivity index (χ2v) is 5.60. The summed E-state index contributed by atoms with van der Waals surface area (Å²) in [7, 11) is 0. The van der Waals surface area contributed by atoms with Crippen LogP contribution in [-0.2, 0) is 12.8 Å². The minimum absolute atomic E-state index is 0.849. The molecule has 1 unspecified atom stereocenters. The zero-order valence-corrected chi connectivity index (χ0v) is 10.5. The Balaban J connectivity index is 1.68. The number of fused-ring (bicyclic) bond motifs is 1. The van der Waals surface area contributed by atoms with Gasteiger partial charge >= 0.3 is 0 Å². The van der Waals surface area contributed by atoms with Crippen LogP contribution in [0.15, 0.2) is 18.2 Å². The third kappa shape index (κ3) is 2.32. The SMILES string of the molecule is Nc1cccc2c1CCC(CN1CCCC1)C2. The quantitative estimate of drug-likeness (QED) is 0.791. The Labute approximate surface area is 104 Å². The average molecular weight is 230 g/mol. The first-order valence-corrected chi connectivity index (χ1v) is 6.91. The molecule has 0 radical (unpaired) electrons. The topological polar surface area (TPSA) is 29.3 Å². The summed E-state index contributed by atoms with van der Waals surface area (Å²) in [4.78, 5) is 2.64. The Hall–Kier alpha value is -1.02. The van der Waals surface area contributed by atoms with E-state index in [-0.39, 0.29) is 0 Å². The fourth-order valence-electron chi connectivity index (χ4n) is 3.40. The molecule has 1 saturated heterocycles. The molecule has 1 heterocycles. The van der Waals surface area contributed by atoms with Gasteiger partial charge in [0.05, 0.1) is 0 Å². The molecule has 92 valence electrons. The minimum Gasteiger partial charge on any atom is -0.398 e. The zero-order chi connectivity index (χ0) is 11.7. The molecule has 2 aliphatic rings. The molecule has 0 aromatic heterocycles. The van der Waals surface area contributed by atoms with Crippen molar-refractivity contribution in [1.82, 2.24) is 4.90 Å². The summed E-state index contributed by atoms with van der Waals surface area (Å²) in [5.41, 5.74) is 9.96. The number of anilines is 1. The van der Waals surface area contributed by atoms with Crippen LogP contribution in [0.4, 0.5) is 5.69 Å². The summed E-state index contributed by atoms with van der Waals surface area (Å²) in [5, 5.41) is 0. The lowest BCUT2D eigenvalue weighted by atomic mass is 9.83. The molecule has 0 amide bonds. The van der Waals surface area contributed by atoms with Crippen LogP contribution in [-0.4, -0.2) is 24.5 Å². The van der Waals surface area contributed by atoms with Gasteiger partial charge in [0.1, 0.15) is 0 Å². The molecule has 2 nitrogen and oxygen atoms in total. The Bertz CT molecular complexity index is 394. The van der Waals surface area contributed by atoms with Crippen molar-refractivity contribution in [2.75, 3.05) is 25.4 Å². The largest absolute Gasteiger partial charge is 0.398 e. The molecule has 0 bridgehead atoms. The lowest BCUT2D eigenvalue weighted by Crippen LogP contribution is -2.30. The predicted molar refractivity (Wildman–Crippen MR) is 72.0 cm³/mol. The van der Waals surface area contributed by atoms with Gasteiger partial charge in [0.15, 0.2) is 0 Å². The first-order chi connectivity index (χ1) is 8.33. The van der Waals surface area contributed by atoms with E-state index in [2.05, 4.69) is 17.0 Å². The first-order valence-electron chi connectivity index (χ1n) is 6.91. The van der Waals surface area contributed by atoms with E-state index in [4.69, 9.17) is 5.73 Å². The molecule has 1 aliphatic carbocycles. The van der Waals surface area contributed by atoms with E-state index in [9.17, 15) is 0 Å². The highest BCUT2D eigenvalue weighted by Gasteiger charge is 2.23. The average Bonchev–Trinajstić information content (AvgIpc) is 2.82. The molecule has 2 N–H and O–H groups in total. The molecule has 17 heavy (non-hydrogen) atoms. The minimum atomic E-state index is 0.849. The van der Waals surface area contributed by atoms with E-state index in [1.165, 1.54) is 62.9 Å². The predicted octanol–water partition coefficient (Wildman–Crippen LogP) is 2.47. The summed E-state index contributed by atoms with van der Waals surface area (Å²) in [6, 6.07) is 6.41. The number of nitrogens with zero attached hydrogens (tertiary/aromatic N) is 1. The normalized spacial score (nSPS) is 24.8. The Morgan fingerprint density at radius 1 is 1.24 bits per heavy atom. The van der Waals surface area contributed by atoms with E-state index in [0.29, 0.717) is 0 Å². The van der Waals surface area contributed by atoms with E-state index < -0.39 is 0 Å². The van der Waals surface area contributed by atoms with Crippen LogP contribution in [0.25, 0.3) is 0 Å². The highest BCUT2D eigenvalue weighted by Crippen LogP contribution is 2.30. The maximum atomic E-state index is 6.04. The number of hydrogen-bond acceptors (Lipinski definition) is 2. The maximum absolute atomic E-state index is 6.04. The number of rotatable bonds is 2. The molecule has 1 atom stereocenters. The van der Waals surface area contributed by atoms with E-state index >= 15 is 0 Å². The van der Waals surface area contributed by atoms with Crippen molar-refractivity contribution in [1.29, 1.82) is 0 Å². The van der Waals surface area contributed by atoms with Gasteiger partial charge in [0.2, 0.25) is 0 Å². The summed E-state index contributed by atoms with van der Waals surface area (Å²) in [5.74, 6) is 0.849. The molecule has 1 aromatic rings. The van der Waals surface area contributed by atoms with Gasteiger partial charge in [-0.15, -0.1) is 0 Å². The van der Waals surface area contributed by atoms with Crippen molar-refractivity contribution in [2.45, 2.75) is 32.1 Å². The van der Waals surface area contributed by atoms with E-state index in [1.807, 2.05) is 6.07 Å². The lowest BCUT2D eigenvalue weighted by molar-refractivity contribution is 0.262. The van der Waals surface area contributed by atoms with Crippen LogP contribution >= 0.6 is 0 Å². The van der Waals surface area contributed by atoms with Crippen molar-refractivity contribution < 1.29 is 0 Å². The standard InChI is InChI=1S/C15H22N2/c16-15-5-3-4-13-10-12(6-7-14(13)15)11-17-8-1-2-9-17/h3-5,12H,1-2,6-11,16H2. The van der Waals surface area contributed by atoms with Crippen LogP contribution in [0, 0.1) is 5.92 Å². The fourth-order valence-corrected chi connectivity index (χ4v) is 3.40. The second kappa shape index (κ2) is 4.69. The van der Waals surface area contributed by atoms with Gasteiger partial charge in [-0.1, -0.05) is 12.1 Å². The highest BCUT2D eigenvalue weighted by atomic mass is 15.1. The number of nitrogen functional groups attached to an aromatic ring is 1. The summed E-state index contributed by atoms with van der Waals surface area (Å²) in [6.45, 7) is 3.94. The number of benzene rings is 1. The van der Waals surface area contributed by atoms with E-state index in [0.717, 1.165) is 11.6 Å². The summed E-state index contributed by atoms with van der Waals surface area (Å²) >= 11 is 0. The van der Waals surface area contributed by atoms with Crippen LogP contribution < -0.4 is 5.73 Å². The number of nitrogens with two attached hydrogens (primary N) is 1. The van der Waals surface area contributed by atoms with Gasteiger partial charge in [-0.05, 0) is 68.3 Å². The Morgan fingerprint density at radius 3 is 2.88 bits per heavy atom. The van der Waals surface area contributed by atoms with Crippen LogP contribution in [0.3, 0.4) is 0 Å². The van der Waals surface area contributed by atoms with Gasteiger partial charge < -0.3 is 10.6 Å². The summed E-state index contributed by atoms with van der Waals surface area (Å²) in [6.07, 6.45) is 6.53. The van der Waals surface area contributed by atoms with E-state index in [1.54, 1.807) is 0 Å². The fraction of sp³-hybridized carbons (Fsp3) is 0.600. The maximum Gasteiger partial charge on any atom is 0.0349 e. The van der Waals surface area contributed by atoms with Gasteiger partial charge in [0, 0.05) is 12.2 Å². The second-order valence-electron chi connectivity index (χ2n) is 5.60. The molecular formula is C15H22N2. The van der Waals surface area contributed by atoms with Crippen molar-refractivity contribution in [3.63, 3.8) is 0 Å². The lowest BCUT2D eigenvalue weighted by Gasteiger charge is -2.29. The molecule has 1 fully saturated rings.